The van der Waals surface area contributed by atoms with Crippen LogP contribution in [0.2, 0.25) is 5.02 Å². The molecule has 0 radical (unpaired) electrons. The Balaban J connectivity index is 1.59. The van der Waals surface area contributed by atoms with Gasteiger partial charge in [0.1, 0.15) is 5.82 Å². The number of anilines is 1. The van der Waals surface area contributed by atoms with Gasteiger partial charge in [-0.15, -0.1) is 0 Å². The highest BCUT2D eigenvalue weighted by atomic mass is 35.5. The van der Waals surface area contributed by atoms with E-state index < -0.39 is 0 Å². The van der Waals surface area contributed by atoms with Crippen molar-refractivity contribution in [3.05, 3.63) is 29.0 Å². The van der Waals surface area contributed by atoms with E-state index in [0.717, 1.165) is 44.1 Å². The third-order valence-corrected chi connectivity index (χ3v) is 4.97. The molecule has 0 aliphatic carbocycles. The molecule has 0 saturated carbocycles. The van der Waals surface area contributed by atoms with Crippen molar-refractivity contribution in [2.75, 3.05) is 25.0 Å². The van der Waals surface area contributed by atoms with Gasteiger partial charge in [-0.3, -0.25) is 0 Å². The van der Waals surface area contributed by atoms with Crippen LogP contribution in [0.25, 0.3) is 0 Å². The Morgan fingerprint density at radius 1 is 1.14 bits per heavy atom. The van der Waals surface area contributed by atoms with Crippen molar-refractivity contribution in [1.82, 2.24) is 10.6 Å². The zero-order valence-corrected chi connectivity index (χ0v) is 12.9. The average molecular weight is 312 g/mol. The molecule has 0 aromatic heterocycles. The van der Waals surface area contributed by atoms with Gasteiger partial charge in [0.05, 0.1) is 5.02 Å². The summed E-state index contributed by atoms with van der Waals surface area (Å²) in [5.41, 5.74) is 0.914. The molecule has 1 aromatic rings. The molecule has 3 N–H and O–H groups in total. The van der Waals surface area contributed by atoms with Crippen LogP contribution in [-0.4, -0.2) is 31.7 Å². The van der Waals surface area contributed by atoms with Gasteiger partial charge in [-0.1, -0.05) is 11.6 Å². The van der Waals surface area contributed by atoms with Gasteiger partial charge in [-0.2, -0.15) is 0 Å². The number of hydrogen-bond donors (Lipinski definition) is 3. The van der Waals surface area contributed by atoms with Gasteiger partial charge in [0.25, 0.3) is 0 Å². The van der Waals surface area contributed by atoms with Crippen LogP contribution in [-0.2, 0) is 0 Å². The number of rotatable bonds is 3. The second-order valence-electron chi connectivity index (χ2n) is 6.14. The van der Waals surface area contributed by atoms with E-state index in [1.807, 2.05) is 0 Å². The molecule has 3 rings (SSSR count). The maximum Gasteiger partial charge on any atom is 0.141 e. The molecule has 0 amide bonds. The number of hydrogen-bond acceptors (Lipinski definition) is 3. The molecular weight excluding hydrogens is 289 g/mol. The van der Waals surface area contributed by atoms with Crippen LogP contribution in [0.5, 0.6) is 0 Å². The van der Waals surface area contributed by atoms with Gasteiger partial charge < -0.3 is 16.0 Å². The van der Waals surface area contributed by atoms with Gasteiger partial charge in [0.2, 0.25) is 0 Å². The van der Waals surface area contributed by atoms with Crippen LogP contribution < -0.4 is 16.0 Å². The smallest absolute Gasteiger partial charge is 0.141 e. The highest BCUT2D eigenvalue weighted by Gasteiger charge is 2.28. The van der Waals surface area contributed by atoms with E-state index in [-0.39, 0.29) is 10.8 Å². The first kappa shape index (κ1) is 15.1. The summed E-state index contributed by atoms with van der Waals surface area (Å²) < 4.78 is 13.2. The highest BCUT2D eigenvalue weighted by molar-refractivity contribution is 6.31. The van der Waals surface area contributed by atoms with E-state index in [2.05, 4.69) is 16.0 Å². The van der Waals surface area contributed by atoms with E-state index in [0.29, 0.717) is 12.1 Å². The molecule has 2 heterocycles. The van der Waals surface area contributed by atoms with Crippen LogP contribution in [0.1, 0.15) is 25.7 Å². The quantitative estimate of drug-likeness (QED) is 0.803. The van der Waals surface area contributed by atoms with E-state index in [4.69, 9.17) is 11.6 Å². The Hall–Kier alpha value is -0.840. The summed E-state index contributed by atoms with van der Waals surface area (Å²) in [5, 5.41) is 10.8. The largest absolute Gasteiger partial charge is 0.382 e. The molecule has 2 atom stereocenters. The molecule has 21 heavy (non-hydrogen) atoms. The molecule has 2 aliphatic rings. The Morgan fingerprint density at radius 2 is 1.95 bits per heavy atom. The fourth-order valence-electron chi connectivity index (χ4n) is 3.51. The SMILES string of the molecule is Fc1ccc(NC2CCNC(C3CCNCC3)C2)cc1Cl. The standard InChI is InChI=1S/C16H23ClFN3/c17-14-9-12(1-2-15(14)18)21-13-5-8-20-16(10-13)11-3-6-19-7-4-11/h1-2,9,11,13,16,19-21H,3-8,10H2. The molecule has 2 fully saturated rings. The Bertz CT molecular complexity index is 477. The molecule has 5 heteroatoms. The number of piperidine rings is 2. The monoisotopic (exact) mass is 311 g/mol. The predicted molar refractivity (Wildman–Crippen MR) is 85.4 cm³/mol. The van der Waals surface area contributed by atoms with Crippen LogP contribution in [0.3, 0.4) is 0 Å². The van der Waals surface area contributed by atoms with Crippen molar-refractivity contribution in [3.8, 4) is 0 Å². The summed E-state index contributed by atoms with van der Waals surface area (Å²) in [6.45, 7) is 3.31. The second-order valence-corrected chi connectivity index (χ2v) is 6.55. The van der Waals surface area contributed by atoms with E-state index in [1.54, 1.807) is 12.1 Å². The van der Waals surface area contributed by atoms with Gasteiger partial charge in [0.15, 0.2) is 0 Å². The second kappa shape index (κ2) is 6.95. The summed E-state index contributed by atoms with van der Waals surface area (Å²) in [6.07, 6.45) is 4.73. The maximum absolute atomic E-state index is 13.2. The summed E-state index contributed by atoms with van der Waals surface area (Å²) in [5.74, 6) is 0.410. The highest BCUT2D eigenvalue weighted by Crippen LogP contribution is 2.26. The molecular formula is C16H23ClFN3. The zero-order valence-electron chi connectivity index (χ0n) is 12.2. The first-order valence-corrected chi connectivity index (χ1v) is 8.26. The topological polar surface area (TPSA) is 36.1 Å². The van der Waals surface area contributed by atoms with Gasteiger partial charge in [-0.05, 0) is 69.4 Å². The number of nitrogens with one attached hydrogen (secondary N) is 3. The predicted octanol–water partition coefficient (Wildman–Crippen LogP) is 3.01. The van der Waals surface area contributed by atoms with Crippen molar-refractivity contribution >= 4 is 17.3 Å². The molecule has 0 spiro atoms. The van der Waals surface area contributed by atoms with E-state index >= 15 is 0 Å². The summed E-state index contributed by atoms with van der Waals surface area (Å²) in [7, 11) is 0. The fraction of sp³-hybridized carbons (Fsp3) is 0.625. The van der Waals surface area contributed by atoms with Crippen LogP contribution in [0.15, 0.2) is 18.2 Å². The Morgan fingerprint density at radius 3 is 2.71 bits per heavy atom. The van der Waals surface area contributed by atoms with E-state index in [1.165, 1.54) is 18.9 Å². The molecule has 1 aromatic carbocycles. The summed E-state index contributed by atoms with van der Waals surface area (Å²) in [6, 6.07) is 5.90. The third kappa shape index (κ3) is 3.87. The van der Waals surface area contributed by atoms with Gasteiger partial charge in [0, 0.05) is 17.8 Å². The molecule has 2 unspecified atom stereocenters. The van der Waals surface area contributed by atoms with Gasteiger partial charge in [-0.25, -0.2) is 4.39 Å². The molecule has 116 valence electrons. The maximum atomic E-state index is 13.2. The fourth-order valence-corrected chi connectivity index (χ4v) is 3.69. The van der Waals surface area contributed by atoms with Crippen LogP contribution in [0, 0.1) is 11.7 Å². The normalized spacial score (nSPS) is 27.5. The molecule has 2 aliphatic heterocycles. The summed E-state index contributed by atoms with van der Waals surface area (Å²) >= 11 is 5.85. The van der Waals surface area contributed by atoms with Crippen LogP contribution >= 0.6 is 11.6 Å². The minimum atomic E-state index is -0.361. The molecule has 3 nitrogen and oxygen atoms in total. The van der Waals surface area contributed by atoms with Gasteiger partial charge >= 0.3 is 0 Å². The molecule has 2 saturated heterocycles. The van der Waals surface area contributed by atoms with Crippen molar-refractivity contribution in [2.24, 2.45) is 5.92 Å². The number of halogens is 2. The summed E-state index contributed by atoms with van der Waals surface area (Å²) in [4.78, 5) is 0. The first-order valence-electron chi connectivity index (χ1n) is 7.88. The zero-order chi connectivity index (χ0) is 14.7. The third-order valence-electron chi connectivity index (χ3n) is 4.68. The van der Waals surface area contributed by atoms with Crippen molar-refractivity contribution in [2.45, 2.75) is 37.8 Å². The minimum Gasteiger partial charge on any atom is -0.382 e. The van der Waals surface area contributed by atoms with Crippen molar-refractivity contribution in [1.29, 1.82) is 0 Å². The molecule has 0 bridgehead atoms. The first-order chi connectivity index (χ1) is 10.2. The average Bonchev–Trinajstić information content (AvgIpc) is 2.52. The lowest BCUT2D eigenvalue weighted by atomic mass is 9.84. The van der Waals surface area contributed by atoms with Crippen molar-refractivity contribution < 1.29 is 4.39 Å². The Kier molecular flexibility index (Phi) is 4.99. The van der Waals surface area contributed by atoms with E-state index in [9.17, 15) is 4.39 Å². The van der Waals surface area contributed by atoms with Crippen LogP contribution in [0.4, 0.5) is 10.1 Å². The Labute approximate surface area is 130 Å². The number of benzene rings is 1. The lowest BCUT2D eigenvalue weighted by Crippen LogP contribution is -2.49. The lowest BCUT2D eigenvalue weighted by Gasteiger charge is -2.38. The van der Waals surface area contributed by atoms with Crippen molar-refractivity contribution in [3.63, 3.8) is 0 Å². The minimum absolute atomic E-state index is 0.184. The lowest BCUT2D eigenvalue weighted by molar-refractivity contribution is 0.235.